The van der Waals surface area contributed by atoms with Crippen LogP contribution in [0, 0.1) is 13.8 Å². The summed E-state index contributed by atoms with van der Waals surface area (Å²) in [7, 11) is 0. The monoisotopic (exact) mass is 278 g/mol. The summed E-state index contributed by atoms with van der Waals surface area (Å²) in [6.07, 6.45) is 1.58. The maximum Gasteiger partial charge on any atom is 0.102 e. The number of hydrogen-bond acceptors (Lipinski definition) is 3. The second-order valence-electron chi connectivity index (χ2n) is 5.43. The molecule has 0 aliphatic heterocycles. The Labute approximate surface area is 124 Å². The zero-order chi connectivity index (χ0) is 14.8. The average molecular weight is 278 g/mol. The zero-order valence-corrected chi connectivity index (χ0v) is 12.2. The number of nitrogens with zero attached hydrogens (tertiary/aromatic N) is 2. The van der Waals surface area contributed by atoms with Gasteiger partial charge in [-0.2, -0.15) is 0 Å². The Balaban J connectivity index is 1.89. The molecular formula is C18H18N2O. The highest BCUT2D eigenvalue weighted by Crippen LogP contribution is 2.21. The van der Waals surface area contributed by atoms with Crippen LogP contribution in [0.25, 0.3) is 11.0 Å². The molecule has 3 nitrogen and oxygen atoms in total. The maximum atomic E-state index is 10.4. The number of aryl methyl sites for hydroxylation is 2. The summed E-state index contributed by atoms with van der Waals surface area (Å²) in [6.45, 7) is 4.12. The molecule has 1 N–H and O–H groups in total. The van der Waals surface area contributed by atoms with E-state index in [1.807, 2.05) is 24.3 Å². The third-order valence-corrected chi connectivity index (χ3v) is 3.73. The molecule has 0 amide bonds. The molecule has 0 saturated heterocycles. The van der Waals surface area contributed by atoms with Crippen molar-refractivity contribution in [3.8, 4) is 0 Å². The number of aromatic nitrogens is 2. The van der Waals surface area contributed by atoms with Gasteiger partial charge in [0.15, 0.2) is 0 Å². The van der Waals surface area contributed by atoms with Gasteiger partial charge in [0.2, 0.25) is 0 Å². The van der Waals surface area contributed by atoms with E-state index in [0.29, 0.717) is 12.1 Å². The lowest BCUT2D eigenvalue weighted by Crippen LogP contribution is -2.06. The van der Waals surface area contributed by atoms with Crippen LogP contribution in [-0.2, 0) is 6.42 Å². The molecule has 1 atom stereocenters. The van der Waals surface area contributed by atoms with Crippen LogP contribution in [-0.4, -0.2) is 15.1 Å². The minimum Gasteiger partial charge on any atom is -0.386 e. The predicted molar refractivity (Wildman–Crippen MR) is 84.1 cm³/mol. The van der Waals surface area contributed by atoms with Gasteiger partial charge in [-0.25, -0.2) is 4.98 Å². The van der Waals surface area contributed by atoms with E-state index < -0.39 is 6.10 Å². The van der Waals surface area contributed by atoms with Gasteiger partial charge in [-0.15, -0.1) is 0 Å². The van der Waals surface area contributed by atoms with Gasteiger partial charge in [0.05, 0.1) is 22.9 Å². The first-order chi connectivity index (χ1) is 10.1. The SMILES string of the molecule is Cc1ccc(C)c(CC(O)c2cnc3ccccc3n2)c1. The van der Waals surface area contributed by atoms with Crippen molar-refractivity contribution >= 4 is 11.0 Å². The summed E-state index contributed by atoms with van der Waals surface area (Å²) in [5.41, 5.74) is 5.82. The Bertz CT molecular complexity index is 783. The number of para-hydroxylation sites is 2. The first-order valence-corrected chi connectivity index (χ1v) is 7.09. The van der Waals surface area contributed by atoms with Gasteiger partial charge >= 0.3 is 0 Å². The number of aliphatic hydroxyl groups excluding tert-OH is 1. The molecule has 0 bridgehead atoms. The molecule has 3 aromatic rings. The van der Waals surface area contributed by atoms with Gasteiger partial charge in [0.1, 0.15) is 6.10 Å². The quantitative estimate of drug-likeness (QED) is 0.797. The largest absolute Gasteiger partial charge is 0.386 e. The normalized spacial score (nSPS) is 12.5. The van der Waals surface area contributed by atoms with Crippen molar-refractivity contribution in [2.24, 2.45) is 0 Å². The van der Waals surface area contributed by atoms with Crippen molar-refractivity contribution < 1.29 is 5.11 Å². The molecule has 1 heterocycles. The molecule has 3 heteroatoms. The van der Waals surface area contributed by atoms with Gasteiger partial charge in [0, 0.05) is 6.42 Å². The molecule has 0 saturated carbocycles. The molecule has 1 aromatic heterocycles. The highest BCUT2D eigenvalue weighted by molar-refractivity contribution is 5.73. The van der Waals surface area contributed by atoms with E-state index in [1.54, 1.807) is 6.20 Å². The van der Waals surface area contributed by atoms with E-state index in [-0.39, 0.29) is 0 Å². The van der Waals surface area contributed by atoms with Crippen molar-refractivity contribution in [1.82, 2.24) is 9.97 Å². The Morgan fingerprint density at radius 1 is 1.05 bits per heavy atom. The molecule has 0 aliphatic rings. The minimum atomic E-state index is -0.636. The fourth-order valence-corrected chi connectivity index (χ4v) is 2.47. The number of aliphatic hydroxyl groups is 1. The predicted octanol–water partition coefficient (Wildman–Crippen LogP) is 3.52. The van der Waals surface area contributed by atoms with Crippen molar-refractivity contribution in [2.75, 3.05) is 0 Å². The van der Waals surface area contributed by atoms with Crippen LogP contribution in [0.3, 0.4) is 0 Å². The second-order valence-corrected chi connectivity index (χ2v) is 5.43. The first kappa shape index (κ1) is 13.7. The fraction of sp³-hybridized carbons (Fsp3) is 0.222. The van der Waals surface area contributed by atoms with E-state index >= 15 is 0 Å². The molecule has 0 radical (unpaired) electrons. The molecule has 21 heavy (non-hydrogen) atoms. The summed E-state index contributed by atoms with van der Waals surface area (Å²) in [6, 6.07) is 14.0. The third-order valence-electron chi connectivity index (χ3n) is 3.73. The second kappa shape index (κ2) is 5.62. The molecule has 0 aliphatic carbocycles. The molecule has 0 fully saturated rings. The number of fused-ring (bicyclic) bond motifs is 1. The van der Waals surface area contributed by atoms with Crippen molar-refractivity contribution in [3.63, 3.8) is 0 Å². The summed E-state index contributed by atoms with van der Waals surface area (Å²) in [5, 5.41) is 10.4. The summed E-state index contributed by atoms with van der Waals surface area (Å²) in [4.78, 5) is 8.87. The zero-order valence-electron chi connectivity index (χ0n) is 12.2. The smallest absolute Gasteiger partial charge is 0.102 e. The Morgan fingerprint density at radius 3 is 2.62 bits per heavy atom. The lowest BCUT2D eigenvalue weighted by atomic mass is 9.99. The summed E-state index contributed by atoms with van der Waals surface area (Å²) < 4.78 is 0. The van der Waals surface area contributed by atoms with E-state index in [1.165, 1.54) is 11.1 Å². The molecule has 3 rings (SSSR count). The van der Waals surface area contributed by atoms with Crippen LogP contribution in [0.5, 0.6) is 0 Å². The van der Waals surface area contributed by atoms with Gasteiger partial charge in [-0.3, -0.25) is 4.98 Å². The Morgan fingerprint density at radius 2 is 1.81 bits per heavy atom. The van der Waals surface area contributed by atoms with Crippen molar-refractivity contribution in [1.29, 1.82) is 0 Å². The van der Waals surface area contributed by atoms with Gasteiger partial charge < -0.3 is 5.11 Å². The standard InChI is InChI=1S/C18H18N2O/c1-12-7-8-13(2)14(9-12)10-18(21)17-11-19-15-5-3-4-6-16(15)20-17/h3-9,11,18,21H,10H2,1-2H3. The average Bonchev–Trinajstić information content (AvgIpc) is 2.50. The van der Waals surface area contributed by atoms with Crippen molar-refractivity contribution in [2.45, 2.75) is 26.4 Å². The Hall–Kier alpha value is -2.26. The van der Waals surface area contributed by atoms with Crippen LogP contribution in [0.15, 0.2) is 48.7 Å². The number of benzene rings is 2. The summed E-state index contributed by atoms with van der Waals surface area (Å²) in [5.74, 6) is 0. The van der Waals surface area contributed by atoms with Gasteiger partial charge in [0.25, 0.3) is 0 Å². The first-order valence-electron chi connectivity index (χ1n) is 7.09. The van der Waals surface area contributed by atoms with Gasteiger partial charge in [-0.05, 0) is 37.1 Å². The lowest BCUT2D eigenvalue weighted by Gasteiger charge is -2.13. The van der Waals surface area contributed by atoms with E-state index in [9.17, 15) is 5.11 Å². The fourth-order valence-electron chi connectivity index (χ4n) is 2.47. The van der Waals surface area contributed by atoms with Crippen molar-refractivity contribution in [3.05, 3.63) is 71.0 Å². The van der Waals surface area contributed by atoms with E-state index in [4.69, 9.17) is 0 Å². The Kier molecular flexibility index (Phi) is 3.67. The molecule has 2 aromatic carbocycles. The number of hydrogen-bond donors (Lipinski definition) is 1. The highest BCUT2D eigenvalue weighted by atomic mass is 16.3. The minimum absolute atomic E-state index is 0.556. The summed E-state index contributed by atoms with van der Waals surface area (Å²) >= 11 is 0. The molecule has 106 valence electrons. The van der Waals surface area contributed by atoms with Crippen LogP contribution in [0.1, 0.15) is 28.5 Å². The molecule has 0 spiro atoms. The van der Waals surface area contributed by atoms with Crippen LogP contribution >= 0.6 is 0 Å². The lowest BCUT2D eigenvalue weighted by molar-refractivity contribution is 0.173. The van der Waals surface area contributed by atoms with Gasteiger partial charge in [-0.1, -0.05) is 35.9 Å². The number of rotatable bonds is 3. The van der Waals surface area contributed by atoms with E-state index in [2.05, 4.69) is 42.0 Å². The third kappa shape index (κ3) is 2.93. The molecular weight excluding hydrogens is 260 g/mol. The van der Waals surface area contributed by atoms with E-state index in [0.717, 1.165) is 16.6 Å². The van der Waals surface area contributed by atoms with Crippen LogP contribution < -0.4 is 0 Å². The maximum absolute atomic E-state index is 10.4. The van der Waals surface area contributed by atoms with Crippen LogP contribution in [0.4, 0.5) is 0 Å². The van der Waals surface area contributed by atoms with Crippen LogP contribution in [0.2, 0.25) is 0 Å². The topological polar surface area (TPSA) is 46.0 Å². The highest BCUT2D eigenvalue weighted by Gasteiger charge is 2.13. The molecule has 1 unspecified atom stereocenters.